The summed E-state index contributed by atoms with van der Waals surface area (Å²) < 4.78 is 55.5. The van der Waals surface area contributed by atoms with E-state index in [1.54, 1.807) is 48.5 Å². The van der Waals surface area contributed by atoms with Crippen molar-refractivity contribution in [2.75, 3.05) is 0 Å². The van der Waals surface area contributed by atoms with Crippen LogP contribution in [0, 0.1) is 0 Å². The van der Waals surface area contributed by atoms with Crippen LogP contribution in [0.1, 0.15) is 11.1 Å². The van der Waals surface area contributed by atoms with E-state index in [9.17, 15) is 16.8 Å². The molecule has 9 heteroatoms. The smallest absolute Gasteiger partial charge is 0.207 e. The van der Waals surface area contributed by atoms with E-state index < -0.39 is 20.0 Å². The van der Waals surface area contributed by atoms with E-state index in [4.69, 9.17) is 0 Å². The molecule has 0 unspecified atom stereocenters. The van der Waals surface area contributed by atoms with Crippen molar-refractivity contribution in [1.82, 2.24) is 9.44 Å². The van der Waals surface area contributed by atoms with Crippen molar-refractivity contribution in [1.29, 1.82) is 0 Å². The molecule has 0 saturated heterocycles. The van der Waals surface area contributed by atoms with Crippen LogP contribution < -0.4 is 9.44 Å². The summed E-state index contributed by atoms with van der Waals surface area (Å²) in [6.07, 6.45) is 0. The third-order valence-electron chi connectivity index (χ3n) is 5.12. The van der Waals surface area contributed by atoms with Gasteiger partial charge in [-0.3, -0.25) is 0 Å². The van der Waals surface area contributed by atoms with Gasteiger partial charge in [-0.2, -0.15) is 0 Å². The highest BCUT2D eigenvalue weighted by atomic mass is 32.2. The van der Waals surface area contributed by atoms with Crippen LogP contribution in [0.2, 0.25) is 0 Å². The zero-order valence-corrected chi connectivity index (χ0v) is 21.1. The van der Waals surface area contributed by atoms with E-state index in [0.717, 1.165) is 20.9 Å². The molecule has 0 aliphatic carbocycles. The standard InChI is InChI=1S/C26H24N2O4S3/c29-34(30,27-19-21-7-3-1-4-8-21)25-15-11-23(12-16-25)33-24-13-17-26(18-14-24)35(31,32)28-20-22-9-5-2-6-10-22/h1-18,27-28H,19-20H2. The van der Waals surface area contributed by atoms with Gasteiger partial charge in [0.1, 0.15) is 0 Å². The lowest BCUT2D eigenvalue weighted by Crippen LogP contribution is -2.23. The van der Waals surface area contributed by atoms with Gasteiger partial charge in [-0.15, -0.1) is 0 Å². The zero-order valence-electron chi connectivity index (χ0n) is 18.7. The molecule has 2 N–H and O–H groups in total. The van der Waals surface area contributed by atoms with E-state index in [-0.39, 0.29) is 22.9 Å². The van der Waals surface area contributed by atoms with Crippen molar-refractivity contribution >= 4 is 31.8 Å². The lowest BCUT2D eigenvalue weighted by atomic mass is 10.2. The molecule has 0 atom stereocenters. The molecule has 0 amide bonds. The molecule has 0 aromatic heterocycles. The molecular formula is C26H24N2O4S3. The van der Waals surface area contributed by atoms with Crippen LogP contribution in [0.3, 0.4) is 0 Å². The van der Waals surface area contributed by atoms with Gasteiger partial charge in [0.2, 0.25) is 20.0 Å². The topological polar surface area (TPSA) is 92.3 Å². The average molecular weight is 525 g/mol. The van der Waals surface area contributed by atoms with E-state index in [1.807, 2.05) is 60.7 Å². The highest BCUT2D eigenvalue weighted by Gasteiger charge is 2.15. The summed E-state index contributed by atoms with van der Waals surface area (Å²) in [5.41, 5.74) is 1.76. The molecule has 0 radical (unpaired) electrons. The lowest BCUT2D eigenvalue weighted by molar-refractivity contribution is 0.579. The van der Waals surface area contributed by atoms with Crippen molar-refractivity contribution in [3.63, 3.8) is 0 Å². The fourth-order valence-electron chi connectivity index (χ4n) is 3.22. The first-order valence-electron chi connectivity index (χ1n) is 10.8. The molecule has 0 bridgehead atoms. The molecular weight excluding hydrogens is 500 g/mol. The van der Waals surface area contributed by atoms with Gasteiger partial charge in [0.15, 0.2) is 0 Å². The molecule has 35 heavy (non-hydrogen) atoms. The summed E-state index contributed by atoms with van der Waals surface area (Å²) in [6, 6.07) is 31.8. The number of sulfonamides is 2. The summed E-state index contributed by atoms with van der Waals surface area (Å²) >= 11 is 1.42. The fraction of sp³-hybridized carbons (Fsp3) is 0.0769. The van der Waals surface area contributed by atoms with Gasteiger partial charge in [0.25, 0.3) is 0 Å². The van der Waals surface area contributed by atoms with Gasteiger partial charge >= 0.3 is 0 Å². The van der Waals surface area contributed by atoms with Crippen molar-refractivity contribution in [3.8, 4) is 0 Å². The molecule has 0 saturated carbocycles. The van der Waals surface area contributed by atoms with Crippen LogP contribution in [0.15, 0.2) is 129 Å². The largest absolute Gasteiger partial charge is 0.240 e. The van der Waals surface area contributed by atoms with Gasteiger partial charge in [-0.1, -0.05) is 72.4 Å². The Labute approximate surface area is 210 Å². The summed E-state index contributed by atoms with van der Waals surface area (Å²) in [7, 11) is -7.26. The van der Waals surface area contributed by atoms with Gasteiger partial charge < -0.3 is 0 Å². The minimum Gasteiger partial charge on any atom is -0.207 e. The fourth-order valence-corrected chi connectivity index (χ4v) is 6.08. The molecule has 6 nitrogen and oxygen atoms in total. The molecule has 4 aromatic rings. The normalized spacial score (nSPS) is 11.9. The monoisotopic (exact) mass is 524 g/mol. The summed E-state index contributed by atoms with van der Waals surface area (Å²) in [6.45, 7) is 0.435. The molecule has 0 spiro atoms. The highest BCUT2D eigenvalue weighted by Crippen LogP contribution is 2.29. The van der Waals surface area contributed by atoms with Crippen molar-refractivity contribution < 1.29 is 16.8 Å². The Kier molecular flexibility index (Phi) is 8.04. The minimum atomic E-state index is -3.63. The molecule has 4 aromatic carbocycles. The van der Waals surface area contributed by atoms with Crippen LogP contribution in [0.5, 0.6) is 0 Å². The highest BCUT2D eigenvalue weighted by molar-refractivity contribution is 7.99. The molecule has 0 aliphatic heterocycles. The Hall–Kier alpha value is -2.95. The lowest BCUT2D eigenvalue weighted by Gasteiger charge is -2.09. The molecule has 180 valence electrons. The Bertz CT molecular complexity index is 1340. The summed E-state index contributed by atoms with van der Waals surface area (Å²) in [4.78, 5) is 2.04. The Morgan fingerprint density at radius 2 is 0.829 bits per heavy atom. The van der Waals surface area contributed by atoms with Crippen LogP contribution in [0.4, 0.5) is 0 Å². The van der Waals surface area contributed by atoms with E-state index in [0.29, 0.717) is 0 Å². The molecule has 0 fully saturated rings. The average Bonchev–Trinajstić information content (AvgIpc) is 2.88. The number of hydrogen-bond acceptors (Lipinski definition) is 5. The number of hydrogen-bond donors (Lipinski definition) is 2. The van der Waals surface area contributed by atoms with Crippen molar-refractivity contribution in [3.05, 3.63) is 120 Å². The Balaban J connectivity index is 1.36. The predicted molar refractivity (Wildman–Crippen MR) is 138 cm³/mol. The van der Waals surface area contributed by atoms with Crippen molar-refractivity contribution in [2.24, 2.45) is 0 Å². The third kappa shape index (κ3) is 7.03. The first-order valence-corrected chi connectivity index (χ1v) is 14.6. The van der Waals surface area contributed by atoms with Crippen LogP contribution in [-0.2, 0) is 33.1 Å². The van der Waals surface area contributed by atoms with Crippen LogP contribution in [-0.4, -0.2) is 16.8 Å². The predicted octanol–water partition coefficient (Wildman–Crippen LogP) is 4.79. The Morgan fingerprint density at radius 3 is 1.17 bits per heavy atom. The third-order valence-corrected chi connectivity index (χ3v) is 8.97. The number of rotatable bonds is 10. The van der Waals surface area contributed by atoms with Gasteiger partial charge in [0.05, 0.1) is 9.79 Å². The quantitative estimate of drug-likeness (QED) is 0.311. The van der Waals surface area contributed by atoms with E-state index in [1.165, 1.54) is 11.8 Å². The van der Waals surface area contributed by atoms with Gasteiger partial charge in [-0.25, -0.2) is 26.3 Å². The minimum absolute atomic E-state index is 0.184. The maximum Gasteiger partial charge on any atom is 0.240 e. The summed E-state index contributed by atoms with van der Waals surface area (Å²) in [5.74, 6) is 0. The number of benzene rings is 4. The Morgan fingerprint density at radius 1 is 0.486 bits per heavy atom. The second-order valence-electron chi connectivity index (χ2n) is 7.67. The summed E-state index contributed by atoms with van der Waals surface area (Å²) in [5, 5.41) is 0. The van der Waals surface area contributed by atoms with Crippen LogP contribution in [0.25, 0.3) is 0 Å². The zero-order chi connectivity index (χ0) is 24.7. The van der Waals surface area contributed by atoms with E-state index >= 15 is 0 Å². The van der Waals surface area contributed by atoms with Gasteiger partial charge in [0, 0.05) is 22.9 Å². The molecule has 0 aliphatic rings. The molecule has 4 rings (SSSR count). The second-order valence-corrected chi connectivity index (χ2v) is 12.3. The maximum atomic E-state index is 12.6. The van der Waals surface area contributed by atoms with Crippen molar-refractivity contribution in [2.45, 2.75) is 32.7 Å². The van der Waals surface area contributed by atoms with Crippen LogP contribution >= 0.6 is 11.8 Å². The SMILES string of the molecule is O=S(=O)(NCc1ccccc1)c1ccc(Sc2ccc(S(=O)(=O)NCc3ccccc3)cc2)cc1. The number of nitrogens with one attached hydrogen (secondary N) is 2. The second kappa shape index (κ2) is 11.2. The first-order chi connectivity index (χ1) is 16.8. The first kappa shape index (κ1) is 25.2. The van der Waals surface area contributed by atoms with Gasteiger partial charge in [-0.05, 0) is 59.7 Å². The van der Waals surface area contributed by atoms with E-state index in [2.05, 4.69) is 9.44 Å². The molecule has 0 heterocycles. The maximum absolute atomic E-state index is 12.6.